The monoisotopic (exact) mass is 205 g/mol. The Labute approximate surface area is 88.6 Å². The highest BCUT2D eigenvalue weighted by atomic mass is 16.5. The summed E-state index contributed by atoms with van der Waals surface area (Å²) in [5.41, 5.74) is 8.83. The molecule has 0 fully saturated rings. The molecule has 4 heteroatoms. The summed E-state index contributed by atoms with van der Waals surface area (Å²) in [6, 6.07) is 4.02. The summed E-state index contributed by atoms with van der Waals surface area (Å²) in [6.07, 6.45) is 1.86. The molecule has 0 unspecified atom stereocenters. The fraction of sp³-hybridized carbons (Fsp3) is 0.364. The van der Waals surface area contributed by atoms with E-state index in [4.69, 9.17) is 10.5 Å². The molecule has 0 radical (unpaired) electrons. The summed E-state index contributed by atoms with van der Waals surface area (Å²) >= 11 is 0. The molecule has 2 N–H and O–H groups in total. The lowest BCUT2D eigenvalue weighted by Crippen LogP contribution is -2.05. The Balaban J connectivity index is 2.45. The number of methoxy groups -OCH3 is 1. The van der Waals surface area contributed by atoms with Gasteiger partial charge in [0, 0.05) is 18.2 Å². The second-order valence-corrected chi connectivity index (χ2v) is 3.63. The van der Waals surface area contributed by atoms with Crippen LogP contribution in [0.25, 0.3) is 10.9 Å². The normalized spacial score (nSPS) is 11.1. The Bertz CT molecular complexity index is 476. The molecule has 1 aromatic carbocycles. The van der Waals surface area contributed by atoms with Crippen molar-refractivity contribution in [2.75, 3.05) is 19.5 Å². The van der Waals surface area contributed by atoms with Crippen molar-refractivity contribution in [3.05, 3.63) is 23.9 Å². The van der Waals surface area contributed by atoms with Gasteiger partial charge in [0.15, 0.2) is 0 Å². The lowest BCUT2D eigenvalue weighted by atomic mass is 10.1. The van der Waals surface area contributed by atoms with E-state index in [1.54, 1.807) is 7.11 Å². The van der Waals surface area contributed by atoms with Crippen molar-refractivity contribution in [1.29, 1.82) is 0 Å². The molecule has 0 aliphatic carbocycles. The second-order valence-electron chi connectivity index (χ2n) is 3.63. The van der Waals surface area contributed by atoms with E-state index in [9.17, 15) is 0 Å². The number of hydrogen-bond donors (Lipinski definition) is 1. The third-order valence-corrected chi connectivity index (χ3v) is 2.54. The molecular weight excluding hydrogens is 190 g/mol. The van der Waals surface area contributed by atoms with E-state index in [0.29, 0.717) is 6.61 Å². The summed E-state index contributed by atoms with van der Waals surface area (Å²) in [4.78, 5) is 0. The van der Waals surface area contributed by atoms with Crippen LogP contribution in [-0.2, 0) is 11.3 Å². The average Bonchev–Trinajstić information content (AvgIpc) is 2.59. The maximum absolute atomic E-state index is 5.87. The molecular formula is C11H15N3O. The molecule has 0 spiro atoms. The van der Waals surface area contributed by atoms with Gasteiger partial charge in [0.2, 0.25) is 0 Å². The van der Waals surface area contributed by atoms with Crippen LogP contribution in [0.15, 0.2) is 18.3 Å². The zero-order chi connectivity index (χ0) is 10.8. The van der Waals surface area contributed by atoms with Crippen molar-refractivity contribution < 1.29 is 4.74 Å². The summed E-state index contributed by atoms with van der Waals surface area (Å²) < 4.78 is 6.94. The van der Waals surface area contributed by atoms with Crippen LogP contribution in [0, 0.1) is 6.92 Å². The van der Waals surface area contributed by atoms with E-state index in [0.717, 1.165) is 28.7 Å². The number of nitrogens with two attached hydrogens (primary N) is 1. The predicted molar refractivity (Wildman–Crippen MR) is 60.8 cm³/mol. The summed E-state index contributed by atoms with van der Waals surface area (Å²) in [7, 11) is 1.68. The third-order valence-electron chi connectivity index (χ3n) is 2.54. The number of aryl methyl sites for hydroxylation is 1. The minimum atomic E-state index is 0.657. The van der Waals surface area contributed by atoms with Crippen LogP contribution in [0.2, 0.25) is 0 Å². The van der Waals surface area contributed by atoms with E-state index in [-0.39, 0.29) is 0 Å². The van der Waals surface area contributed by atoms with E-state index in [1.807, 2.05) is 23.9 Å². The molecule has 0 saturated carbocycles. The first-order valence-electron chi connectivity index (χ1n) is 4.93. The molecule has 80 valence electrons. The lowest BCUT2D eigenvalue weighted by molar-refractivity contribution is 0.185. The van der Waals surface area contributed by atoms with Crippen LogP contribution in [0.1, 0.15) is 5.56 Å². The van der Waals surface area contributed by atoms with Gasteiger partial charge in [-0.2, -0.15) is 5.10 Å². The third kappa shape index (κ3) is 1.80. The molecule has 0 atom stereocenters. The zero-order valence-electron chi connectivity index (χ0n) is 9.03. The van der Waals surface area contributed by atoms with Gasteiger partial charge in [-0.3, -0.25) is 4.68 Å². The number of rotatable bonds is 3. The first-order valence-corrected chi connectivity index (χ1v) is 4.93. The molecule has 0 saturated heterocycles. The number of ether oxygens (including phenoxy) is 1. The van der Waals surface area contributed by atoms with Crippen LogP contribution < -0.4 is 5.73 Å². The van der Waals surface area contributed by atoms with Gasteiger partial charge in [-0.15, -0.1) is 0 Å². The van der Waals surface area contributed by atoms with Crippen molar-refractivity contribution in [2.24, 2.45) is 0 Å². The maximum Gasteiger partial charge on any atom is 0.0704 e. The van der Waals surface area contributed by atoms with Gasteiger partial charge in [0.25, 0.3) is 0 Å². The molecule has 0 amide bonds. The molecule has 2 aromatic rings. The number of nitrogens with zero attached hydrogens (tertiary/aromatic N) is 2. The first-order chi connectivity index (χ1) is 7.22. The van der Waals surface area contributed by atoms with Crippen molar-refractivity contribution in [3.8, 4) is 0 Å². The van der Waals surface area contributed by atoms with E-state index >= 15 is 0 Å². The van der Waals surface area contributed by atoms with E-state index < -0.39 is 0 Å². The minimum absolute atomic E-state index is 0.657. The van der Waals surface area contributed by atoms with Gasteiger partial charge in [-0.25, -0.2) is 0 Å². The zero-order valence-corrected chi connectivity index (χ0v) is 9.03. The van der Waals surface area contributed by atoms with Gasteiger partial charge >= 0.3 is 0 Å². The highest BCUT2D eigenvalue weighted by Gasteiger charge is 2.04. The van der Waals surface area contributed by atoms with E-state index in [1.165, 1.54) is 0 Å². The Morgan fingerprint density at radius 1 is 1.47 bits per heavy atom. The highest BCUT2D eigenvalue weighted by molar-refractivity contribution is 5.83. The Morgan fingerprint density at radius 2 is 2.27 bits per heavy atom. The SMILES string of the molecule is COCCn1ncc2cc(C)c(N)cc21. The number of nitrogen functional groups attached to an aromatic ring is 1. The maximum atomic E-state index is 5.87. The fourth-order valence-corrected chi connectivity index (χ4v) is 1.61. The van der Waals surface area contributed by atoms with Crippen molar-refractivity contribution in [3.63, 3.8) is 0 Å². The largest absolute Gasteiger partial charge is 0.398 e. The smallest absolute Gasteiger partial charge is 0.0704 e. The average molecular weight is 205 g/mol. The molecule has 0 aliphatic heterocycles. The minimum Gasteiger partial charge on any atom is -0.398 e. The van der Waals surface area contributed by atoms with E-state index in [2.05, 4.69) is 11.2 Å². The molecule has 4 nitrogen and oxygen atoms in total. The number of benzene rings is 1. The molecule has 1 aromatic heterocycles. The van der Waals surface area contributed by atoms with Crippen LogP contribution >= 0.6 is 0 Å². The highest BCUT2D eigenvalue weighted by Crippen LogP contribution is 2.20. The van der Waals surface area contributed by atoms with Gasteiger partial charge < -0.3 is 10.5 Å². The topological polar surface area (TPSA) is 53.1 Å². The Morgan fingerprint density at radius 3 is 3.00 bits per heavy atom. The summed E-state index contributed by atoms with van der Waals surface area (Å²) in [6.45, 7) is 3.41. The number of aromatic nitrogens is 2. The lowest BCUT2D eigenvalue weighted by Gasteiger charge is -2.04. The van der Waals surface area contributed by atoms with Gasteiger partial charge in [-0.05, 0) is 24.6 Å². The molecule has 2 rings (SSSR count). The molecule has 0 bridgehead atoms. The van der Waals surface area contributed by atoms with Crippen LogP contribution in [0.4, 0.5) is 5.69 Å². The quantitative estimate of drug-likeness (QED) is 0.774. The number of anilines is 1. The molecule has 1 heterocycles. The van der Waals surface area contributed by atoms with Crippen molar-refractivity contribution in [1.82, 2.24) is 9.78 Å². The molecule has 0 aliphatic rings. The fourth-order valence-electron chi connectivity index (χ4n) is 1.61. The second kappa shape index (κ2) is 3.90. The number of fused-ring (bicyclic) bond motifs is 1. The Hall–Kier alpha value is -1.55. The first kappa shape index (κ1) is 9.98. The number of hydrogen-bond acceptors (Lipinski definition) is 3. The van der Waals surface area contributed by atoms with Gasteiger partial charge in [-0.1, -0.05) is 0 Å². The standard InChI is InChI=1S/C11H15N3O/c1-8-5-9-7-13-14(3-4-15-2)11(9)6-10(8)12/h5-7H,3-4,12H2,1-2H3. The van der Waals surface area contributed by atoms with Crippen LogP contribution in [0.5, 0.6) is 0 Å². The van der Waals surface area contributed by atoms with Crippen LogP contribution in [-0.4, -0.2) is 23.5 Å². The van der Waals surface area contributed by atoms with Crippen molar-refractivity contribution >= 4 is 16.6 Å². The van der Waals surface area contributed by atoms with Gasteiger partial charge in [0.1, 0.15) is 0 Å². The Kier molecular flexibility index (Phi) is 2.60. The van der Waals surface area contributed by atoms with Crippen molar-refractivity contribution in [2.45, 2.75) is 13.5 Å². The predicted octanol–water partition coefficient (Wildman–Crippen LogP) is 1.57. The summed E-state index contributed by atoms with van der Waals surface area (Å²) in [5, 5.41) is 5.42. The molecule has 15 heavy (non-hydrogen) atoms. The summed E-state index contributed by atoms with van der Waals surface area (Å²) in [5.74, 6) is 0. The van der Waals surface area contributed by atoms with Crippen LogP contribution in [0.3, 0.4) is 0 Å². The van der Waals surface area contributed by atoms with Gasteiger partial charge in [0.05, 0.1) is 24.9 Å².